The number of nitrogens with zero attached hydrogens (tertiary/aromatic N) is 1. The molecule has 106 valence electrons. The van der Waals surface area contributed by atoms with Crippen LogP contribution in [0.25, 0.3) is 0 Å². The lowest BCUT2D eigenvalue weighted by atomic mass is 9.88. The van der Waals surface area contributed by atoms with Crippen molar-refractivity contribution in [3.05, 3.63) is 29.8 Å². The van der Waals surface area contributed by atoms with Gasteiger partial charge < -0.3 is 10.0 Å². The second-order valence-electron chi connectivity index (χ2n) is 5.75. The lowest BCUT2D eigenvalue weighted by molar-refractivity contribution is 0.140. The molecule has 0 aliphatic carbocycles. The summed E-state index contributed by atoms with van der Waals surface area (Å²) in [6.07, 6.45) is 6.41. The van der Waals surface area contributed by atoms with Crippen LogP contribution in [0.2, 0.25) is 0 Å². The van der Waals surface area contributed by atoms with E-state index in [0.717, 1.165) is 6.04 Å². The molecule has 0 spiro atoms. The van der Waals surface area contributed by atoms with Gasteiger partial charge in [-0.1, -0.05) is 32.4 Å². The quantitative estimate of drug-likeness (QED) is 0.860. The lowest BCUT2D eigenvalue weighted by Gasteiger charge is -2.37. The summed E-state index contributed by atoms with van der Waals surface area (Å²) in [5, 5.41) is 9.35. The van der Waals surface area contributed by atoms with Gasteiger partial charge in [0.05, 0.1) is 0 Å². The minimum absolute atomic E-state index is 0.371. The highest BCUT2D eigenvalue weighted by molar-refractivity contribution is 5.28. The Kier molecular flexibility index (Phi) is 5.26. The Morgan fingerprint density at radius 3 is 2.32 bits per heavy atom. The second kappa shape index (κ2) is 6.95. The van der Waals surface area contributed by atoms with E-state index in [1.807, 2.05) is 12.1 Å². The number of hydrogen-bond donors (Lipinski definition) is 1. The van der Waals surface area contributed by atoms with Gasteiger partial charge in [0.2, 0.25) is 0 Å². The first-order valence-corrected chi connectivity index (χ1v) is 7.77. The molecule has 0 radical (unpaired) electrons. The van der Waals surface area contributed by atoms with Crippen LogP contribution in [0.15, 0.2) is 24.3 Å². The Bertz CT molecular complexity index is 365. The molecule has 1 aromatic carbocycles. The van der Waals surface area contributed by atoms with Crippen LogP contribution >= 0.6 is 0 Å². The molecule has 0 saturated carbocycles. The molecule has 1 aliphatic heterocycles. The van der Waals surface area contributed by atoms with Crippen molar-refractivity contribution in [2.45, 2.75) is 57.9 Å². The van der Waals surface area contributed by atoms with E-state index >= 15 is 0 Å². The van der Waals surface area contributed by atoms with E-state index in [1.54, 1.807) is 0 Å². The number of phenolic OH excluding ortho intramolecular Hbond substituents is 1. The molecule has 1 saturated heterocycles. The van der Waals surface area contributed by atoms with Crippen molar-refractivity contribution in [1.82, 2.24) is 4.90 Å². The lowest BCUT2D eigenvalue weighted by Crippen LogP contribution is -2.40. The minimum atomic E-state index is 0.371. The van der Waals surface area contributed by atoms with Crippen molar-refractivity contribution in [2.24, 2.45) is 0 Å². The predicted molar refractivity (Wildman–Crippen MR) is 80.6 cm³/mol. The van der Waals surface area contributed by atoms with Crippen LogP contribution in [0.1, 0.15) is 57.4 Å². The molecule has 2 nitrogen and oxygen atoms in total. The van der Waals surface area contributed by atoms with Crippen LogP contribution in [0.4, 0.5) is 0 Å². The third-order valence-electron chi connectivity index (χ3n) is 4.50. The van der Waals surface area contributed by atoms with E-state index in [1.165, 1.54) is 50.8 Å². The van der Waals surface area contributed by atoms with E-state index in [-0.39, 0.29) is 0 Å². The van der Waals surface area contributed by atoms with Gasteiger partial charge in [-0.3, -0.25) is 0 Å². The SMILES string of the molecule is CCCC(CC)N1CCC(c2ccc(O)cc2)CC1. The number of aromatic hydroxyl groups is 1. The molecule has 0 amide bonds. The van der Waals surface area contributed by atoms with Crippen LogP contribution in [0.5, 0.6) is 5.75 Å². The second-order valence-corrected chi connectivity index (χ2v) is 5.75. The Morgan fingerprint density at radius 1 is 1.16 bits per heavy atom. The van der Waals surface area contributed by atoms with Crippen molar-refractivity contribution in [1.29, 1.82) is 0 Å². The molecule has 0 bridgehead atoms. The number of hydrogen-bond acceptors (Lipinski definition) is 2. The summed E-state index contributed by atoms with van der Waals surface area (Å²) >= 11 is 0. The Balaban J connectivity index is 1.89. The number of rotatable bonds is 5. The highest BCUT2D eigenvalue weighted by Crippen LogP contribution is 2.30. The van der Waals surface area contributed by atoms with Gasteiger partial charge in [0.15, 0.2) is 0 Å². The van der Waals surface area contributed by atoms with Gasteiger partial charge in [0.1, 0.15) is 5.75 Å². The van der Waals surface area contributed by atoms with Gasteiger partial charge in [-0.2, -0.15) is 0 Å². The maximum atomic E-state index is 9.35. The molecule has 0 aromatic heterocycles. The smallest absolute Gasteiger partial charge is 0.115 e. The molecule has 1 aromatic rings. The monoisotopic (exact) mass is 261 g/mol. The summed E-state index contributed by atoms with van der Waals surface area (Å²) in [5.74, 6) is 1.05. The minimum Gasteiger partial charge on any atom is -0.508 e. The first kappa shape index (κ1) is 14.4. The van der Waals surface area contributed by atoms with E-state index in [0.29, 0.717) is 11.7 Å². The number of benzene rings is 1. The van der Waals surface area contributed by atoms with Gasteiger partial charge in [-0.15, -0.1) is 0 Å². The third kappa shape index (κ3) is 3.73. The molecule has 1 fully saturated rings. The summed E-state index contributed by atoms with van der Waals surface area (Å²) in [6, 6.07) is 8.57. The molecule has 1 atom stereocenters. The molecule has 1 unspecified atom stereocenters. The zero-order valence-corrected chi connectivity index (χ0v) is 12.3. The molecule has 2 heteroatoms. The van der Waals surface area contributed by atoms with Crippen molar-refractivity contribution in [3.8, 4) is 5.75 Å². The summed E-state index contributed by atoms with van der Waals surface area (Å²) in [4.78, 5) is 2.68. The molecule has 1 heterocycles. The summed E-state index contributed by atoms with van der Waals surface area (Å²) in [5.41, 5.74) is 1.39. The molecule has 19 heavy (non-hydrogen) atoms. The van der Waals surface area contributed by atoms with Gasteiger partial charge in [0.25, 0.3) is 0 Å². The number of piperidine rings is 1. The molecule has 1 aliphatic rings. The predicted octanol–water partition coefficient (Wildman–Crippen LogP) is 4.15. The zero-order chi connectivity index (χ0) is 13.7. The highest BCUT2D eigenvalue weighted by Gasteiger charge is 2.24. The number of likely N-dealkylation sites (tertiary alicyclic amines) is 1. The van der Waals surface area contributed by atoms with Crippen LogP contribution in [0, 0.1) is 0 Å². The molecule has 2 rings (SSSR count). The fraction of sp³-hybridized carbons (Fsp3) is 0.647. The number of phenols is 1. The van der Waals surface area contributed by atoms with E-state index in [9.17, 15) is 5.11 Å². The summed E-state index contributed by atoms with van der Waals surface area (Å²) in [6.45, 7) is 7.05. The maximum absolute atomic E-state index is 9.35. The first-order chi connectivity index (χ1) is 9.24. The van der Waals surface area contributed by atoms with Crippen molar-refractivity contribution in [3.63, 3.8) is 0 Å². The third-order valence-corrected chi connectivity index (χ3v) is 4.50. The fourth-order valence-corrected chi connectivity index (χ4v) is 3.32. The van der Waals surface area contributed by atoms with E-state index in [2.05, 4.69) is 30.9 Å². The van der Waals surface area contributed by atoms with Crippen LogP contribution < -0.4 is 0 Å². The average molecular weight is 261 g/mol. The van der Waals surface area contributed by atoms with Crippen molar-refractivity contribution >= 4 is 0 Å². The Morgan fingerprint density at radius 2 is 1.79 bits per heavy atom. The zero-order valence-electron chi connectivity index (χ0n) is 12.3. The van der Waals surface area contributed by atoms with Crippen molar-refractivity contribution in [2.75, 3.05) is 13.1 Å². The molecular weight excluding hydrogens is 234 g/mol. The normalized spacial score (nSPS) is 19.5. The van der Waals surface area contributed by atoms with Gasteiger partial charge in [-0.25, -0.2) is 0 Å². The van der Waals surface area contributed by atoms with Crippen LogP contribution in [-0.2, 0) is 0 Å². The largest absolute Gasteiger partial charge is 0.508 e. The van der Waals surface area contributed by atoms with Crippen LogP contribution in [0.3, 0.4) is 0 Å². The summed E-state index contributed by atoms with van der Waals surface area (Å²) in [7, 11) is 0. The van der Waals surface area contributed by atoms with Gasteiger partial charge in [-0.05, 0) is 62.4 Å². The van der Waals surface area contributed by atoms with Gasteiger partial charge >= 0.3 is 0 Å². The van der Waals surface area contributed by atoms with Gasteiger partial charge in [0, 0.05) is 6.04 Å². The van der Waals surface area contributed by atoms with E-state index < -0.39 is 0 Å². The van der Waals surface area contributed by atoms with Crippen molar-refractivity contribution < 1.29 is 5.11 Å². The Labute approximate surface area is 117 Å². The average Bonchev–Trinajstić information content (AvgIpc) is 2.46. The van der Waals surface area contributed by atoms with Crippen LogP contribution in [-0.4, -0.2) is 29.1 Å². The topological polar surface area (TPSA) is 23.5 Å². The highest BCUT2D eigenvalue weighted by atomic mass is 16.3. The Hall–Kier alpha value is -1.02. The molecular formula is C17H27NO. The summed E-state index contributed by atoms with van der Waals surface area (Å²) < 4.78 is 0. The van der Waals surface area contributed by atoms with E-state index in [4.69, 9.17) is 0 Å². The molecule has 1 N–H and O–H groups in total. The maximum Gasteiger partial charge on any atom is 0.115 e. The first-order valence-electron chi connectivity index (χ1n) is 7.77. The standard InChI is InChI=1S/C17H27NO/c1-3-5-16(4-2)18-12-10-15(11-13-18)14-6-8-17(19)9-7-14/h6-9,15-16,19H,3-5,10-13H2,1-2H3. The fourth-order valence-electron chi connectivity index (χ4n) is 3.32.